The van der Waals surface area contributed by atoms with E-state index in [2.05, 4.69) is 24.5 Å². The number of unbranched alkanes of at least 4 members (excludes halogenated alkanes) is 5. The molecule has 164 valence electrons. The van der Waals surface area contributed by atoms with Crippen molar-refractivity contribution in [2.45, 2.75) is 58.8 Å². The molecule has 30 heavy (non-hydrogen) atoms. The van der Waals surface area contributed by atoms with Crippen molar-refractivity contribution in [2.24, 2.45) is 0 Å². The van der Waals surface area contributed by atoms with Crippen molar-refractivity contribution < 1.29 is 14.3 Å². The summed E-state index contributed by atoms with van der Waals surface area (Å²) in [6.45, 7) is 5.94. The summed E-state index contributed by atoms with van der Waals surface area (Å²) in [5, 5.41) is 6.06. The van der Waals surface area contributed by atoms with Gasteiger partial charge in [0.05, 0.1) is 19.8 Å². The predicted molar refractivity (Wildman–Crippen MR) is 125 cm³/mol. The summed E-state index contributed by atoms with van der Waals surface area (Å²) in [4.78, 5) is 12.3. The summed E-state index contributed by atoms with van der Waals surface area (Å²) in [7, 11) is 0. The third-order valence-electron chi connectivity index (χ3n) is 4.69. The quantitative estimate of drug-likeness (QED) is 0.339. The first-order chi connectivity index (χ1) is 14.7. The summed E-state index contributed by atoms with van der Waals surface area (Å²) in [5.41, 5.74) is 1.60. The Kier molecular flexibility index (Phi) is 11.3. The highest BCUT2D eigenvalue weighted by Gasteiger charge is 2.05. The smallest absolute Gasteiger partial charge is 0.243 e. The maximum Gasteiger partial charge on any atom is 0.243 e. The Morgan fingerprint density at radius 3 is 2.07 bits per heavy atom. The van der Waals surface area contributed by atoms with Crippen LogP contribution in [0.3, 0.4) is 0 Å². The zero-order valence-corrected chi connectivity index (χ0v) is 18.4. The minimum atomic E-state index is -0.107. The van der Waals surface area contributed by atoms with Gasteiger partial charge in [0, 0.05) is 23.5 Å². The van der Waals surface area contributed by atoms with Gasteiger partial charge in [-0.05, 0) is 37.1 Å². The van der Waals surface area contributed by atoms with Crippen LogP contribution in [0.5, 0.6) is 11.5 Å². The Bertz CT molecular complexity index is 749. The van der Waals surface area contributed by atoms with E-state index < -0.39 is 0 Å². The van der Waals surface area contributed by atoms with Gasteiger partial charge in [-0.15, -0.1) is 0 Å². The zero-order chi connectivity index (χ0) is 21.4. The van der Waals surface area contributed by atoms with Crippen LogP contribution in [0.25, 0.3) is 0 Å². The van der Waals surface area contributed by atoms with E-state index in [9.17, 15) is 4.79 Å². The van der Waals surface area contributed by atoms with Crippen molar-refractivity contribution in [3.05, 3.63) is 48.5 Å². The molecule has 1 amide bonds. The van der Waals surface area contributed by atoms with Gasteiger partial charge in [-0.3, -0.25) is 4.79 Å². The molecule has 2 rings (SSSR count). The monoisotopic (exact) mass is 412 g/mol. The number of anilines is 2. The highest BCUT2D eigenvalue weighted by molar-refractivity contribution is 5.93. The second kappa shape index (κ2) is 14.3. The normalized spacial score (nSPS) is 10.5. The minimum Gasteiger partial charge on any atom is -0.494 e. The van der Waals surface area contributed by atoms with E-state index in [-0.39, 0.29) is 12.5 Å². The minimum absolute atomic E-state index is 0.107. The Labute approximate surface area is 181 Å². The van der Waals surface area contributed by atoms with E-state index in [1.54, 1.807) is 0 Å². The van der Waals surface area contributed by atoms with Crippen LogP contribution in [0, 0.1) is 0 Å². The van der Waals surface area contributed by atoms with Gasteiger partial charge >= 0.3 is 0 Å². The van der Waals surface area contributed by atoms with E-state index in [0.717, 1.165) is 42.1 Å². The Balaban J connectivity index is 1.73. The van der Waals surface area contributed by atoms with Crippen molar-refractivity contribution in [2.75, 3.05) is 30.4 Å². The van der Waals surface area contributed by atoms with Crippen LogP contribution in [0.15, 0.2) is 48.5 Å². The fourth-order valence-corrected chi connectivity index (χ4v) is 2.98. The van der Waals surface area contributed by atoms with Gasteiger partial charge in [0.2, 0.25) is 5.91 Å². The topological polar surface area (TPSA) is 59.6 Å². The number of hydrogen-bond acceptors (Lipinski definition) is 4. The molecule has 0 aliphatic carbocycles. The molecule has 2 aromatic rings. The number of benzene rings is 2. The average Bonchev–Trinajstić information content (AvgIpc) is 2.75. The fourth-order valence-electron chi connectivity index (χ4n) is 2.98. The zero-order valence-electron chi connectivity index (χ0n) is 18.4. The maximum atomic E-state index is 12.3. The third kappa shape index (κ3) is 9.68. The number of rotatable bonds is 15. The number of carbonyl (C=O) groups is 1. The number of amides is 1. The van der Waals surface area contributed by atoms with Gasteiger partial charge in [-0.25, -0.2) is 0 Å². The van der Waals surface area contributed by atoms with E-state index in [4.69, 9.17) is 9.47 Å². The molecule has 0 saturated heterocycles. The van der Waals surface area contributed by atoms with Crippen LogP contribution < -0.4 is 20.1 Å². The van der Waals surface area contributed by atoms with Crippen molar-refractivity contribution in [1.29, 1.82) is 0 Å². The molecule has 2 N–H and O–H groups in total. The van der Waals surface area contributed by atoms with Crippen LogP contribution in [-0.2, 0) is 4.79 Å². The van der Waals surface area contributed by atoms with Crippen LogP contribution in [-0.4, -0.2) is 25.7 Å². The Morgan fingerprint density at radius 1 is 0.767 bits per heavy atom. The van der Waals surface area contributed by atoms with Gasteiger partial charge in [-0.1, -0.05) is 58.1 Å². The molecular formula is C25H36N2O3. The molecule has 0 heterocycles. The van der Waals surface area contributed by atoms with Gasteiger partial charge in [0.1, 0.15) is 11.5 Å². The SMILES string of the molecule is CCCCCCCOc1cccc(NC(=O)CNc2cccc(OCCCC)c2)c1. The molecule has 0 unspecified atom stereocenters. The molecule has 5 heteroatoms. The van der Waals surface area contributed by atoms with Crippen LogP contribution in [0.4, 0.5) is 11.4 Å². The molecule has 0 aliphatic rings. The first kappa shape index (κ1) is 23.6. The summed E-state index contributed by atoms with van der Waals surface area (Å²) in [5.74, 6) is 1.49. The molecule has 0 bridgehead atoms. The van der Waals surface area contributed by atoms with Gasteiger partial charge < -0.3 is 20.1 Å². The highest BCUT2D eigenvalue weighted by Crippen LogP contribution is 2.19. The van der Waals surface area contributed by atoms with Gasteiger partial charge in [0.25, 0.3) is 0 Å². The molecule has 0 atom stereocenters. The van der Waals surface area contributed by atoms with Crippen molar-refractivity contribution in [3.63, 3.8) is 0 Å². The first-order valence-corrected chi connectivity index (χ1v) is 11.2. The third-order valence-corrected chi connectivity index (χ3v) is 4.69. The largest absolute Gasteiger partial charge is 0.494 e. The molecule has 0 fully saturated rings. The van der Waals surface area contributed by atoms with E-state index >= 15 is 0 Å². The number of hydrogen-bond donors (Lipinski definition) is 2. The van der Waals surface area contributed by atoms with E-state index in [0.29, 0.717) is 13.2 Å². The lowest BCUT2D eigenvalue weighted by molar-refractivity contribution is -0.114. The lowest BCUT2D eigenvalue weighted by Crippen LogP contribution is -2.21. The Morgan fingerprint density at radius 2 is 1.37 bits per heavy atom. The predicted octanol–water partition coefficient (Wildman–Crippen LogP) is 6.27. The first-order valence-electron chi connectivity index (χ1n) is 11.2. The average molecular weight is 413 g/mol. The second-order valence-electron chi connectivity index (χ2n) is 7.42. The van der Waals surface area contributed by atoms with Crippen LogP contribution >= 0.6 is 0 Å². The van der Waals surface area contributed by atoms with Crippen molar-refractivity contribution in [1.82, 2.24) is 0 Å². The van der Waals surface area contributed by atoms with E-state index in [1.165, 1.54) is 25.7 Å². The van der Waals surface area contributed by atoms with Crippen molar-refractivity contribution in [3.8, 4) is 11.5 Å². The highest BCUT2D eigenvalue weighted by atomic mass is 16.5. The molecule has 0 saturated carbocycles. The summed E-state index contributed by atoms with van der Waals surface area (Å²) < 4.78 is 11.5. The lowest BCUT2D eigenvalue weighted by atomic mass is 10.2. The Hall–Kier alpha value is -2.69. The number of ether oxygens (including phenoxy) is 2. The fraction of sp³-hybridized carbons (Fsp3) is 0.480. The number of carbonyl (C=O) groups excluding carboxylic acids is 1. The molecule has 5 nitrogen and oxygen atoms in total. The van der Waals surface area contributed by atoms with Crippen molar-refractivity contribution >= 4 is 17.3 Å². The van der Waals surface area contributed by atoms with Crippen LogP contribution in [0.1, 0.15) is 58.8 Å². The molecule has 0 aromatic heterocycles. The molecule has 2 aromatic carbocycles. The van der Waals surface area contributed by atoms with Gasteiger partial charge in [0.15, 0.2) is 0 Å². The summed E-state index contributed by atoms with van der Waals surface area (Å²) in [6, 6.07) is 15.2. The van der Waals surface area contributed by atoms with E-state index in [1.807, 2.05) is 48.5 Å². The molecular weight excluding hydrogens is 376 g/mol. The molecule has 0 aliphatic heterocycles. The number of nitrogens with one attached hydrogen (secondary N) is 2. The standard InChI is InChI=1S/C25H36N2O3/c1-3-5-7-8-9-17-30-24-15-11-13-22(19-24)27-25(28)20-26-21-12-10-14-23(18-21)29-16-6-4-2/h10-15,18-19,26H,3-9,16-17,20H2,1-2H3,(H,27,28). The summed E-state index contributed by atoms with van der Waals surface area (Å²) >= 11 is 0. The maximum absolute atomic E-state index is 12.3. The molecule has 0 spiro atoms. The second-order valence-corrected chi connectivity index (χ2v) is 7.42. The molecule has 0 radical (unpaired) electrons. The van der Waals surface area contributed by atoms with Gasteiger partial charge in [-0.2, -0.15) is 0 Å². The van der Waals surface area contributed by atoms with Crippen LogP contribution in [0.2, 0.25) is 0 Å². The lowest BCUT2D eigenvalue weighted by Gasteiger charge is -2.11. The summed E-state index contributed by atoms with van der Waals surface area (Å²) in [6.07, 6.45) is 8.17.